The van der Waals surface area contributed by atoms with Gasteiger partial charge in [0.1, 0.15) is 0 Å². The van der Waals surface area contributed by atoms with Crippen LogP contribution in [0.2, 0.25) is 0 Å². The number of rotatable bonds is 3. The predicted octanol–water partition coefficient (Wildman–Crippen LogP) is 3.31. The van der Waals surface area contributed by atoms with E-state index in [1.807, 2.05) is 0 Å². The van der Waals surface area contributed by atoms with Crippen molar-refractivity contribution in [3.8, 4) is 0 Å². The summed E-state index contributed by atoms with van der Waals surface area (Å²) in [5.74, 6) is -0.422. The van der Waals surface area contributed by atoms with E-state index in [9.17, 15) is 14.9 Å². The molecule has 19 heavy (non-hydrogen) atoms. The van der Waals surface area contributed by atoms with Gasteiger partial charge in [-0.1, -0.05) is 12.1 Å². The zero-order valence-electron chi connectivity index (χ0n) is 10.6. The molecule has 0 atom stereocenters. The van der Waals surface area contributed by atoms with Gasteiger partial charge in [-0.15, -0.1) is 0 Å². The van der Waals surface area contributed by atoms with Gasteiger partial charge in [0.15, 0.2) is 0 Å². The van der Waals surface area contributed by atoms with Crippen molar-refractivity contribution in [1.82, 2.24) is 0 Å². The number of ether oxygens (including phenoxy) is 1. The van der Waals surface area contributed by atoms with Crippen LogP contribution in [0.3, 0.4) is 0 Å². The van der Waals surface area contributed by atoms with Crippen LogP contribution in [0.4, 0.5) is 5.69 Å². The second-order valence-electron chi connectivity index (χ2n) is 4.42. The van der Waals surface area contributed by atoms with Crippen LogP contribution in [0.25, 0.3) is 10.8 Å². The number of benzene rings is 2. The van der Waals surface area contributed by atoms with Crippen molar-refractivity contribution < 1.29 is 14.5 Å². The largest absolute Gasteiger partial charge is 0.459 e. The molecule has 0 aromatic heterocycles. The van der Waals surface area contributed by atoms with E-state index in [0.717, 1.165) is 0 Å². The fourth-order valence-electron chi connectivity index (χ4n) is 1.84. The summed E-state index contributed by atoms with van der Waals surface area (Å²) in [4.78, 5) is 22.2. The molecule has 0 aliphatic carbocycles. The minimum atomic E-state index is -0.460. The lowest BCUT2D eigenvalue weighted by Crippen LogP contribution is -2.11. The number of nitro groups is 1. The Kier molecular flexibility index (Phi) is 3.46. The molecule has 0 saturated heterocycles. The Balaban J connectivity index is 2.52. The van der Waals surface area contributed by atoms with Crippen molar-refractivity contribution in [3.63, 3.8) is 0 Å². The number of carbonyl (C=O) groups is 1. The first-order valence-corrected chi connectivity index (χ1v) is 5.87. The molecule has 5 nitrogen and oxygen atoms in total. The van der Waals surface area contributed by atoms with E-state index in [1.54, 1.807) is 38.1 Å². The average Bonchev–Trinajstić information content (AvgIpc) is 2.36. The van der Waals surface area contributed by atoms with E-state index in [1.165, 1.54) is 12.1 Å². The summed E-state index contributed by atoms with van der Waals surface area (Å²) >= 11 is 0. The molecular weight excluding hydrogens is 246 g/mol. The van der Waals surface area contributed by atoms with Gasteiger partial charge in [0.25, 0.3) is 5.69 Å². The van der Waals surface area contributed by atoms with Crippen LogP contribution < -0.4 is 0 Å². The zero-order valence-corrected chi connectivity index (χ0v) is 10.6. The van der Waals surface area contributed by atoms with Crippen molar-refractivity contribution in [1.29, 1.82) is 0 Å². The van der Waals surface area contributed by atoms with Crippen LogP contribution in [0.1, 0.15) is 24.2 Å². The van der Waals surface area contributed by atoms with Crippen LogP contribution >= 0.6 is 0 Å². The average molecular weight is 259 g/mol. The monoisotopic (exact) mass is 259 g/mol. The Hall–Kier alpha value is -2.43. The highest BCUT2D eigenvalue weighted by atomic mass is 16.6. The molecule has 2 aromatic rings. The third-order valence-corrected chi connectivity index (χ3v) is 2.64. The second-order valence-corrected chi connectivity index (χ2v) is 4.42. The van der Waals surface area contributed by atoms with E-state index in [-0.39, 0.29) is 11.8 Å². The van der Waals surface area contributed by atoms with Gasteiger partial charge in [-0.05, 0) is 36.8 Å². The van der Waals surface area contributed by atoms with E-state index >= 15 is 0 Å². The second kappa shape index (κ2) is 5.06. The maximum absolute atomic E-state index is 11.9. The molecule has 0 saturated carbocycles. The topological polar surface area (TPSA) is 69.4 Å². The summed E-state index contributed by atoms with van der Waals surface area (Å²) in [6.45, 7) is 3.54. The standard InChI is InChI=1S/C14H13NO4/c1-9(2)19-14(16)13-5-3-4-10-8-11(15(17)18)6-7-12(10)13/h3-9H,1-2H3. The highest BCUT2D eigenvalue weighted by Gasteiger charge is 2.14. The number of carbonyl (C=O) groups excluding carboxylic acids is 1. The highest BCUT2D eigenvalue weighted by Crippen LogP contribution is 2.24. The normalized spacial score (nSPS) is 10.7. The van der Waals surface area contributed by atoms with Gasteiger partial charge in [0.2, 0.25) is 0 Å². The minimum absolute atomic E-state index is 0.00174. The summed E-state index contributed by atoms with van der Waals surface area (Å²) in [6, 6.07) is 9.47. The van der Waals surface area contributed by atoms with Gasteiger partial charge < -0.3 is 4.74 Å². The first-order chi connectivity index (χ1) is 8.99. The van der Waals surface area contributed by atoms with E-state index in [0.29, 0.717) is 16.3 Å². The molecule has 5 heteroatoms. The van der Waals surface area contributed by atoms with Crippen LogP contribution in [-0.2, 0) is 4.74 Å². The quantitative estimate of drug-likeness (QED) is 0.481. The van der Waals surface area contributed by atoms with Crippen LogP contribution in [0.15, 0.2) is 36.4 Å². The Morgan fingerprint density at radius 1 is 1.26 bits per heavy atom. The van der Waals surface area contributed by atoms with Gasteiger partial charge in [-0.3, -0.25) is 10.1 Å². The molecular formula is C14H13NO4. The Bertz CT molecular complexity index is 649. The number of nitro benzene ring substituents is 1. The van der Waals surface area contributed by atoms with E-state index < -0.39 is 10.9 Å². The van der Waals surface area contributed by atoms with E-state index in [4.69, 9.17) is 4.74 Å². The van der Waals surface area contributed by atoms with Gasteiger partial charge in [-0.2, -0.15) is 0 Å². The predicted molar refractivity (Wildman–Crippen MR) is 71.2 cm³/mol. The molecule has 0 spiro atoms. The van der Waals surface area contributed by atoms with Crippen LogP contribution in [0.5, 0.6) is 0 Å². The fraction of sp³-hybridized carbons (Fsp3) is 0.214. The van der Waals surface area contributed by atoms with Crippen molar-refractivity contribution in [3.05, 3.63) is 52.1 Å². The summed E-state index contributed by atoms with van der Waals surface area (Å²) in [7, 11) is 0. The highest BCUT2D eigenvalue weighted by molar-refractivity contribution is 6.05. The summed E-state index contributed by atoms with van der Waals surface area (Å²) in [6.07, 6.45) is -0.208. The van der Waals surface area contributed by atoms with Crippen molar-refractivity contribution >= 4 is 22.4 Å². The maximum atomic E-state index is 11.9. The maximum Gasteiger partial charge on any atom is 0.339 e. The fourth-order valence-corrected chi connectivity index (χ4v) is 1.84. The number of hydrogen-bond donors (Lipinski definition) is 0. The smallest absolute Gasteiger partial charge is 0.339 e. The molecule has 0 bridgehead atoms. The number of fused-ring (bicyclic) bond motifs is 1. The van der Waals surface area contributed by atoms with Gasteiger partial charge in [0.05, 0.1) is 16.6 Å². The molecule has 2 rings (SSSR count). The number of hydrogen-bond acceptors (Lipinski definition) is 4. The van der Waals surface area contributed by atoms with Crippen LogP contribution in [-0.4, -0.2) is 17.0 Å². The lowest BCUT2D eigenvalue weighted by molar-refractivity contribution is -0.384. The Labute approximate surface area is 110 Å². The summed E-state index contributed by atoms with van der Waals surface area (Å²) < 4.78 is 5.15. The summed E-state index contributed by atoms with van der Waals surface area (Å²) in [5, 5.41) is 12.0. The zero-order chi connectivity index (χ0) is 14.0. The third kappa shape index (κ3) is 2.70. The molecule has 2 aromatic carbocycles. The molecule has 98 valence electrons. The molecule has 0 aliphatic heterocycles. The third-order valence-electron chi connectivity index (χ3n) is 2.64. The van der Waals surface area contributed by atoms with Crippen molar-refractivity contribution in [2.45, 2.75) is 20.0 Å². The summed E-state index contributed by atoms with van der Waals surface area (Å²) in [5.41, 5.74) is 0.419. The molecule has 0 unspecified atom stereocenters. The first-order valence-electron chi connectivity index (χ1n) is 5.87. The number of non-ortho nitro benzene ring substituents is 1. The minimum Gasteiger partial charge on any atom is -0.459 e. The number of esters is 1. The lowest BCUT2D eigenvalue weighted by Gasteiger charge is -2.09. The molecule has 0 heterocycles. The molecule has 0 fully saturated rings. The van der Waals surface area contributed by atoms with E-state index in [2.05, 4.69) is 0 Å². The number of nitrogens with zero attached hydrogens (tertiary/aromatic N) is 1. The first kappa shape index (κ1) is 13.0. The Morgan fingerprint density at radius 3 is 2.63 bits per heavy atom. The van der Waals surface area contributed by atoms with Crippen molar-refractivity contribution in [2.24, 2.45) is 0 Å². The molecule has 0 N–H and O–H groups in total. The lowest BCUT2D eigenvalue weighted by atomic mass is 10.0. The molecule has 0 aliphatic rings. The molecule has 0 amide bonds. The van der Waals surface area contributed by atoms with Crippen LogP contribution in [0, 0.1) is 10.1 Å². The van der Waals surface area contributed by atoms with Crippen molar-refractivity contribution in [2.75, 3.05) is 0 Å². The van der Waals surface area contributed by atoms with Gasteiger partial charge >= 0.3 is 5.97 Å². The SMILES string of the molecule is CC(C)OC(=O)c1cccc2cc([N+](=O)[O-])ccc12. The Morgan fingerprint density at radius 2 is 2.00 bits per heavy atom. The van der Waals surface area contributed by atoms with Gasteiger partial charge in [0, 0.05) is 12.1 Å². The van der Waals surface area contributed by atoms with Gasteiger partial charge in [-0.25, -0.2) is 4.79 Å². The molecule has 0 radical (unpaired) electrons.